The van der Waals surface area contributed by atoms with Crippen LogP contribution < -0.4 is 5.73 Å². The number of carbonyl (C=O) groups is 1. The number of piperidine rings is 1. The predicted molar refractivity (Wildman–Crippen MR) is 83.7 cm³/mol. The van der Waals surface area contributed by atoms with Crippen LogP contribution >= 0.6 is 0 Å². The zero-order chi connectivity index (χ0) is 15.5. The Balaban J connectivity index is 1.71. The van der Waals surface area contributed by atoms with E-state index in [0.29, 0.717) is 12.5 Å². The van der Waals surface area contributed by atoms with E-state index in [0.717, 1.165) is 43.3 Å². The number of rotatable bonds is 4. The van der Waals surface area contributed by atoms with Crippen molar-refractivity contribution in [1.82, 2.24) is 19.4 Å². The number of hydrogen-bond acceptors (Lipinski definition) is 4. The van der Waals surface area contributed by atoms with Crippen molar-refractivity contribution in [2.45, 2.75) is 25.7 Å². The van der Waals surface area contributed by atoms with Gasteiger partial charge >= 0.3 is 0 Å². The lowest BCUT2D eigenvalue weighted by Gasteiger charge is -2.30. The van der Waals surface area contributed by atoms with Crippen molar-refractivity contribution in [2.24, 2.45) is 5.73 Å². The number of nitrogens with zero attached hydrogens (tertiary/aromatic N) is 4. The Morgan fingerprint density at radius 2 is 2.14 bits per heavy atom. The van der Waals surface area contributed by atoms with E-state index in [1.165, 1.54) is 0 Å². The van der Waals surface area contributed by atoms with Gasteiger partial charge in [0.2, 0.25) is 5.91 Å². The van der Waals surface area contributed by atoms with Gasteiger partial charge in [-0.3, -0.25) is 14.3 Å². The topological polar surface area (TPSA) is 77.0 Å². The van der Waals surface area contributed by atoms with Gasteiger partial charge in [0, 0.05) is 24.0 Å². The fourth-order valence-electron chi connectivity index (χ4n) is 3.03. The molecule has 116 valence electrons. The first-order valence-corrected chi connectivity index (χ1v) is 7.61. The van der Waals surface area contributed by atoms with Gasteiger partial charge in [-0.1, -0.05) is 6.07 Å². The molecule has 0 aromatic carbocycles. The quantitative estimate of drug-likeness (QED) is 0.921. The van der Waals surface area contributed by atoms with Gasteiger partial charge < -0.3 is 5.73 Å². The lowest BCUT2D eigenvalue weighted by Crippen LogP contribution is -2.39. The summed E-state index contributed by atoms with van der Waals surface area (Å²) in [6.45, 7) is 4.11. The van der Waals surface area contributed by atoms with Crippen molar-refractivity contribution < 1.29 is 4.79 Å². The van der Waals surface area contributed by atoms with Crippen LogP contribution in [0.1, 0.15) is 30.3 Å². The van der Waals surface area contributed by atoms with E-state index in [4.69, 9.17) is 10.7 Å². The number of primary amides is 1. The molecule has 1 aliphatic rings. The zero-order valence-corrected chi connectivity index (χ0v) is 12.8. The van der Waals surface area contributed by atoms with Crippen LogP contribution in [0.4, 0.5) is 0 Å². The summed E-state index contributed by atoms with van der Waals surface area (Å²) in [4.78, 5) is 22.1. The van der Waals surface area contributed by atoms with Gasteiger partial charge in [0.25, 0.3) is 0 Å². The summed E-state index contributed by atoms with van der Waals surface area (Å²) < 4.78 is 1.99. The maximum atomic E-state index is 11.0. The van der Waals surface area contributed by atoms with Crippen LogP contribution in [0.2, 0.25) is 0 Å². The van der Waals surface area contributed by atoms with Crippen LogP contribution in [-0.2, 0) is 4.79 Å². The Labute approximate surface area is 130 Å². The first-order valence-electron chi connectivity index (χ1n) is 7.61. The summed E-state index contributed by atoms with van der Waals surface area (Å²) in [6, 6.07) is 6.14. The lowest BCUT2D eigenvalue weighted by atomic mass is 9.93. The highest BCUT2D eigenvalue weighted by Gasteiger charge is 2.22. The molecule has 0 aliphatic carbocycles. The fraction of sp³-hybridized carbons (Fsp3) is 0.438. The van der Waals surface area contributed by atoms with Crippen LogP contribution in [0, 0.1) is 6.92 Å². The molecule has 0 radical (unpaired) electrons. The molecule has 1 aliphatic heterocycles. The van der Waals surface area contributed by atoms with Gasteiger partial charge in [0.1, 0.15) is 11.6 Å². The molecule has 0 atom stereocenters. The van der Waals surface area contributed by atoms with Crippen LogP contribution in [0.3, 0.4) is 0 Å². The number of imidazole rings is 1. The molecule has 3 heterocycles. The number of hydrogen-bond donors (Lipinski definition) is 1. The second-order valence-corrected chi connectivity index (χ2v) is 5.78. The van der Waals surface area contributed by atoms with Gasteiger partial charge in [-0.25, -0.2) is 9.97 Å². The summed E-state index contributed by atoms with van der Waals surface area (Å²) >= 11 is 0. The van der Waals surface area contributed by atoms with Gasteiger partial charge in [-0.15, -0.1) is 0 Å². The minimum atomic E-state index is -0.255. The highest BCUT2D eigenvalue weighted by atomic mass is 16.1. The van der Waals surface area contributed by atoms with Crippen LogP contribution in [0.15, 0.2) is 30.6 Å². The summed E-state index contributed by atoms with van der Waals surface area (Å²) in [6.07, 6.45) is 5.72. The van der Waals surface area contributed by atoms with Crippen LogP contribution in [0.25, 0.3) is 5.82 Å². The Morgan fingerprint density at radius 1 is 1.36 bits per heavy atom. The fourth-order valence-corrected chi connectivity index (χ4v) is 3.03. The Kier molecular flexibility index (Phi) is 4.20. The number of likely N-dealkylation sites (tertiary alicyclic amines) is 1. The zero-order valence-electron chi connectivity index (χ0n) is 12.8. The smallest absolute Gasteiger partial charge is 0.231 e. The highest BCUT2D eigenvalue weighted by Crippen LogP contribution is 2.27. The second-order valence-electron chi connectivity index (χ2n) is 5.78. The molecule has 6 heteroatoms. The molecule has 2 aromatic rings. The average molecular weight is 299 g/mol. The molecule has 3 rings (SSSR count). The van der Waals surface area contributed by atoms with E-state index in [1.807, 2.05) is 29.8 Å². The van der Waals surface area contributed by atoms with Gasteiger partial charge in [-0.2, -0.15) is 0 Å². The Hall–Kier alpha value is -2.21. The molecule has 0 spiro atoms. The number of nitrogens with two attached hydrogens (primary N) is 1. The Bertz CT molecular complexity index is 658. The molecule has 1 fully saturated rings. The maximum Gasteiger partial charge on any atom is 0.231 e. The number of pyridine rings is 1. The average Bonchev–Trinajstić information content (AvgIpc) is 2.94. The molecule has 2 aromatic heterocycles. The third-order valence-electron chi connectivity index (χ3n) is 4.21. The van der Waals surface area contributed by atoms with Crippen molar-refractivity contribution in [3.8, 4) is 5.82 Å². The van der Waals surface area contributed by atoms with Crippen molar-refractivity contribution in [3.05, 3.63) is 42.1 Å². The third kappa shape index (κ3) is 3.17. The first-order chi connectivity index (χ1) is 10.6. The SMILES string of the molecule is Cc1nccn1-c1cccc(C2CCN(CC(N)=O)CC2)n1. The van der Waals surface area contributed by atoms with E-state index in [2.05, 4.69) is 16.0 Å². The minimum Gasteiger partial charge on any atom is -0.369 e. The number of amides is 1. The van der Waals surface area contributed by atoms with Crippen molar-refractivity contribution in [1.29, 1.82) is 0 Å². The third-order valence-corrected chi connectivity index (χ3v) is 4.21. The largest absolute Gasteiger partial charge is 0.369 e. The highest BCUT2D eigenvalue weighted by molar-refractivity contribution is 5.75. The Morgan fingerprint density at radius 3 is 2.77 bits per heavy atom. The molecule has 0 saturated carbocycles. The molecule has 6 nitrogen and oxygen atoms in total. The normalized spacial score (nSPS) is 16.8. The van der Waals surface area contributed by atoms with E-state index in [-0.39, 0.29) is 5.91 Å². The van der Waals surface area contributed by atoms with Crippen molar-refractivity contribution in [2.75, 3.05) is 19.6 Å². The van der Waals surface area contributed by atoms with E-state index < -0.39 is 0 Å². The summed E-state index contributed by atoms with van der Waals surface area (Å²) in [5.74, 6) is 2.02. The molecular weight excluding hydrogens is 278 g/mol. The van der Waals surface area contributed by atoms with E-state index in [1.54, 1.807) is 6.20 Å². The number of aryl methyl sites for hydroxylation is 1. The monoisotopic (exact) mass is 299 g/mol. The van der Waals surface area contributed by atoms with E-state index in [9.17, 15) is 4.79 Å². The number of aromatic nitrogens is 3. The number of carbonyl (C=O) groups excluding carboxylic acids is 1. The summed E-state index contributed by atoms with van der Waals surface area (Å²) in [5, 5.41) is 0. The predicted octanol–water partition coefficient (Wildman–Crippen LogP) is 1.24. The minimum absolute atomic E-state index is 0.255. The lowest BCUT2D eigenvalue weighted by molar-refractivity contribution is -0.119. The summed E-state index contributed by atoms with van der Waals surface area (Å²) in [5.41, 5.74) is 6.37. The molecule has 22 heavy (non-hydrogen) atoms. The maximum absolute atomic E-state index is 11.0. The van der Waals surface area contributed by atoms with Crippen LogP contribution in [0.5, 0.6) is 0 Å². The molecule has 1 saturated heterocycles. The van der Waals surface area contributed by atoms with Crippen LogP contribution in [-0.4, -0.2) is 45.0 Å². The summed E-state index contributed by atoms with van der Waals surface area (Å²) in [7, 11) is 0. The van der Waals surface area contributed by atoms with E-state index >= 15 is 0 Å². The molecule has 0 unspecified atom stereocenters. The molecule has 2 N–H and O–H groups in total. The standard InChI is InChI=1S/C16H21N5O/c1-12-18-7-10-21(12)16-4-2-3-14(19-16)13-5-8-20(9-6-13)11-15(17)22/h2-4,7,10,13H,5-6,8-9,11H2,1H3,(H2,17,22). The van der Waals surface area contributed by atoms with Gasteiger partial charge in [-0.05, 0) is 45.0 Å². The first kappa shape index (κ1) is 14.7. The molecule has 0 bridgehead atoms. The van der Waals surface area contributed by atoms with Gasteiger partial charge in [0.05, 0.1) is 6.54 Å². The molecule has 1 amide bonds. The molecular formula is C16H21N5O. The van der Waals surface area contributed by atoms with Crippen molar-refractivity contribution in [3.63, 3.8) is 0 Å². The second kappa shape index (κ2) is 6.27. The van der Waals surface area contributed by atoms with Crippen molar-refractivity contribution >= 4 is 5.91 Å². The van der Waals surface area contributed by atoms with Gasteiger partial charge in [0.15, 0.2) is 0 Å².